The highest BCUT2D eigenvalue weighted by Crippen LogP contribution is 2.34. The first-order valence-corrected chi connectivity index (χ1v) is 6.92. The SMILES string of the molecule is OCCn1cc(CNc2cc(C(F)(F)F)ccc2Br)cn1. The van der Waals surface area contributed by atoms with E-state index < -0.39 is 11.7 Å². The summed E-state index contributed by atoms with van der Waals surface area (Å²) in [6.07, 6.45) is -1.04. The molecule has 2 N–H and O–H groups in total. The Morgan fingerprint density at radius 3 is 2.76 bits per heavy atom. The van der Waals surface area contributed by atoms with E-state index in [1.54, 1.807) is 17.1 Å². The molecule has 1 aromatic heterocycles. The van der Waals surface area contributed by atoms with Crippen molar-refractivity contribution in [1.29, 1.82) is 0 Å². The van der Waals surface area contributed by atoms with Gasteiger partial charge in [0.15, 0.2) is 0 Å². The topological polar surface area (TPSA) is 50.1 Å². The summed E-state index contributed by atoms with van der Waals surface area (Å²) in [5.41, 5.74) is 0.469. The van der Waals surface area contributed by atoms with Crippen LogP contribution in [0.2, 0.25) is 0 Å². The van der Waals surface area contributed by atoms with E-state index in [2.05, 4.69) is 26.3 Å². The van der Waals surface area contributed by atoms with Gasteiger partial charge in [0.05, 0.1) is 24.9 Å². The number of nitrogens with one attached hydrogen (secondary N) is 1. The maximum atomic E-state index is 12.7. The number of halogens is 4. The first-order valence-electron chi connectivity index (χ1n) is 6.13. The highest BCUT2D eigenvalue weighted by Gasteiger charge is 2.30. The fraction of sp³-hybridized carbons (Fsp3) is 0.308. The molecular weight excluding hydrogens is 351 g/mol. The van der Waals surface area contributed by atoms with Gasteiger partial charge in [-0.05, 0) is 34.1 Å². The molecule has 0 aliphatic heterocycles. The fourth-order valence-electron chi connectivity index (χ4n) is 1.76. The van der Waals surface area contributed by atoms with Gasteiger partial charge in [0.2, 0.25) is 0 Å². The van der Waals surface area contributed by atoms with E-state index in [0.29, 0.717) is 23.2 Å². The van der Waals surface area contributed by atoms with Gasteiger partial charge >= 0.3 is 6.18 Å². The maximum Gasteiger partial charge on any atom is 0.416 e. The molecule has 0 fully saturated rings. The zero-order valence-corrected chi connectivity index (χ0v) is 12.4. The molecule has 2 rings (SSSR count). The predicted octanol–water partition coefficient (Wildman–Crippen LogP) is 3.27. The van der Waals surface area contributed by atoms with Crippen molar-refractivity contribution in [2.45, 2.75) is 19.3 Å². The van der Waals surface area contributed by atoms with Gasteiger partial charge in [0.25, 0.3) is 0 Å². The Morgan fingerprint density at radius 1 is 1.33 bits per heavy atom. The summed E-state index contributed by atoms with van der Waals surface area (Å²) in [6, 6.07) is 3.44. The Labute approximate surface area is 127 Å². The highest BCUT2D eigenvalue weighted by atomic mass is 79.9. The van der Waals surface area contributed by atoms with Gasteiger partial charge in [-0.1, -0.05) is 0 Å². The van der Waals surface area contributed by atoms with Gasteiger partial charge in [-0.3, -0.25) is 4.68 Å². The molecule has 2 aromatic rings. The van der Waals surface area contributed by atoms with E-state index in [1.807, 2.05) is 0 Å². The Kier molecular flexibility index (Phi) is 4.89. The molecule has 0 saturated carbocycles. The van der Waals surface area contributed by atoms with Crippen LogP contribution in [0.3, 0.4) is 0 Å². The van der Waals surface area contributed by atoms with Crippen molar-refractivity contribution in [3.05, 3.63) is 46.2 Å². The fourth-order valence-corrected chi connectivity index (χ4v) is 2.14. The van der Waals surface area contributed by atoms with E-state index in [9.17, 15) is 13.2 Å². The second kappa shape index (κ2) is 6.48. The van der Waals surface area contributed by atoms with Crippen molar-refractivity contribution in [2.24, 2.45) is 0 Å². The van der Waals surface area contributed by atoms with Crippen molar-refractivity contribution in [2.75, 3.05) is 11.9 Å². The average Bonchev–Trinajstić information content (AvgIpc) is 2.84. The summed E-state index contributed by atoms with van der Waals surface area (Å²) in [7, 11) is 0. The molecule has 0 radical (unpaired) electrons. The van der Waals surface area contributed by atoms with Crippen LogP contribution in [0, 0.1) is 0 Å². The molecule has 1 heterocycles. The van der Waals surface area contributed by atoms with Crippen molar-refractivity contribution in [3.63, 3.8) is 0 Å². The number of alkyl halides is 3. The van der Waals surface area contributed by atoms with Crippen molar-refractivity contribution < 1.29 is 18.3 Å². The zero-order valence-electron chi connectivity index (χ0n) is 10.9. The van der Waals surface area contributed by atoms with Gasteiger partial charge in [0, 0.05) is 28.5 Å². The number of benzene rings is 1. The highest BCUT2D eigenvalue weighted by molar-refractivity contribution is 9.10. The lowest BCUT2D eigenvalue weighted by Crippen LogP contribution is -2.07. The molecule has 8 heteroatoms. The van der Waals surface area contributed by atoms with Gasteiger partial charge in [-0.25, -0.2) is 0 Å². The second-order valence-electron chi connectivity index (χ2n) is 4.38. The maximum absolute atomic E-state index is 12.7. The van der Waals surface area contributed by atoms with Crippen LogP contribution in [-0.2, 0) is 19.3 Å². The molecule has 0 atom stereocenters. The standard InChI is InChI=1S/C13H13BrF3N3O/c14-11-2-1-10(13(15,16)17)5-12(11)18-6-9-7-19-20(8-9)3-4-21/h1-2,5,7-8,18,21H,3-4,6H2. The number of rotatable bonds is 5. The van der Waals surface area contributed by atoms with Gasteiger partial charge in [-0.2, -0.15) is 18.3 Å². The summed E-state index contributed by atoms with van der Waals surface area (Å²) < 4.78 is 40.1. The van der Waals surface area contributed by atoms with E-state index in [-0.39, 0.29) is 6.61 Å². The first-order chi connectivity index (χ1) is 9.90. The summed E-state index contributed by atoms with van der Waals surface area (Å²) in [4.78, 5) is 0. The third-order valence-electron chi connectivity index (χ3n) is 2.79. The summed E-state index contributed by atoms with van der Waals surface area (Å²) in [5, 5.41) is 15.7. The van der Waals surface area contributed by atoms with Crippen molar-refractivity contribution in [1.82, 2.24) is 9.78 Å². The van der Waals surface area contributed by atoms with Gasteiger partial charge in [-0.15, -0.1) is 0 Å². The first kappa shape index (κ1) is 15.8. The molecule has 114 valence electrons. The van der Waals surface area contributed by atoms with E-state index in [0.717, 1.165) is 17.7 Å². The van der Waals surface area contributed by atoms with Crippen LogP contribution < -0.4 is 5.32 Å². The van der Waals surface area contributed by atoms with Crippen LogP contribution in [0.15, 0.2) is 35.1 Å². The third-order valence-corrected chi connectivity index (χ3v) is 3.48. The summed E-state index contributed by atoms with van der Waals surface area (Å²) in [5.74, 6) is 0. The van der Waals surface area contributed by atoms with Crippen LogP contribution in [0.25, 0.3) is 0 Å². The van der Waals surface area contributed by atoms with Crippen LogP contribution in [0.5, 0.6) is 0 Å². The number of aromatic nitrogens is 2. The summed E-state index contributed by atoms with van der Waals surface area (Å²) in [6.45, 7) is 0.701. The normalized spacial score (nSPS) is 11.7. The van der Waals surface area contributed by atoms with Crippen LogP contribution >= 0.6 is 15.9 Å². The molecule has 0 unspecified atom stereocenters. The number of hydrogen-bond donors (Lipinski definition) is 2. The number of nitrogens with zero attached hydrogens (tertiary/aromatic N) is 2. The average molecular weight is 364 g/mol. The lowest BCUT2D eigenvalue weighted by atomic mass is 10.2. The Hall–Kier alpha value is -1.54. The van der Waals surface area contributed by atoms with Crippen molar-refractivity contribution in [3.8, 4) is 0 Å². The van der Waals surface area contributed by atoms with E-state index in [1.165, 1.54) is 6.07 Å². The van der Waals surface area contributed by atoms with Gasteiger partial charge < -0.3 is 10.4 Å². The minimum atomic E-state index is -4.37. The van der Waals surface area contributed by atoms with Crippen LogP contribution in [0.4, 0.5) is 18.9 Å². The number of aliphatic hydroxyl groups excluding tert-OH is 1. The number of anilines is 1. The van der Waals surface area contributed by atoms with Gasteiger partial charge in [0.1, 0.15) is 0 Å². The number of aliphatic hydroxyl groups is 1. The third kappa shape index (κ3) is 4.21. The minimum absolute atomic E-state index is 0.0201. The molecule has 0 amide bonds. The molecule has 4 nitrogen and oxygen atoms in total. The smallest absolute Gasteiger partial charge is 0.394 e. The molecule has 0 saturated heterocycles. The quantitative estimate of drug-likeness (QED) is 0.856. The molecule has 1 aromatic carbocycles. The molecule has 21 heavy (non-hydrogen) atoms. The molecule has 0 aliphatic rings. The number of hydrogen-bond acceptors (Lipinski definition) is 3. The lowest BCUT2D eigenvalue weighted by Gasteiger charge is -2.12. The summed E-state index contributed by atoms with van der Waals surface area (Å²) >= 11 is 3.22. The molecule has 0 aliphatic carbocycles. The van der Waals surface area contributed by atoms with E-state index >= 15 is 0 Å². The Balaban J connectivity index is 2.08. The molecular formula is C13H13BrF3N3O. The molecule has 0 bridgehead atoms. The zero-order chi connectivity index (χ0) is 15.5. The lowest BCUT2D eigenvalue weighted by molar-refractivity contribution is -0.137. The minimum Gasteiger partial charge on any atom is -0.394 e. The van der Waals surface area contributed by atoms with Crippen molar-refractivity contribution >= 4 is 21.6 Å². The van der Waals surface area contributed by atoms with E-state index in [4.69, 9.17) is 5.11 Å². The monoisotopic (exact) mass is 363 g/mol. The molecule has 0 spiro atoms. The van der Waals surface area contributed by atoms with Crippen LogP contribution in [0.1, 0.15) is 11.1 Å². The predicted molar refractivity (Wildman–Crippen MR) is 75.8 cm³/mol. The largest absolute Gasteiger partial charge is 0.416 e. The Bertz CT molecular complexity index is 613. The second-order valence-corrected chi connectivity index (χ2v) is 5.24. The Morgan fingerprint density at radius 2 is 2.10 bits per heavy atom. The van der Waals surface area contributed by atoms with Crippen LogP contribution in [-0.4, -0.2) is 21.5 Å².